The predicted molar refractivity (Wildman–Crippen MR) is 103 cm³/mol. The van der Waals surface area contributed by atoms with E-state index in [-0.39, 0.29) is 29.9 Å². The minimum absolute atomic E-state index is 0.0116. The molecule has 1 heterocycles. The SMILES string of the molecule is CC(=O)N1CCC(NC(=O)NC(c2ccc(C(F)(F)F)cc2)C2CCCC2)CC1. The summed E-state index contributed by atoms with van der Waals surface area (Å²) >= 11 is 0. The van der Waals surface area contributed by atoms with Gasteiger partial charge in [-0.15, -0.1) is 0 Å². The van der Waals surface area contributed by atoms with Crippen LogP contribution in [-0.2, 0) is 11.0 Å². The molecule has 8 heteroatoms. The number of halogens is 3. The molecule has 1 aliphatic heterocycles. The van der Waals surface area contributed by atoms with Crippen molar-refractivity contribution >= 4 is 11.9 Å². The summed E-state index contributed by atoms with van der Waals surface area (Å²) in [4.78, 5) is 25.8. The Kier molecular flexibility index (Phi) is 6.70. The standard InChI is InChI=1S/C21H28F3N3O2/c1-14(28)27-12-10-18(11-13-27)25-20(29)26-19(15-4-2-3-5-15)16-6-8-17(9-7-16)21(22,23)24/h6-9,15,18-19H,2-5,10-13H2,1H3,(H2,25,26,29). The first-order valence-corrected chi connectivity index (χ1v) is 10.2. The number of amides is 3. The van der Waals surface area contributed by atoms with Crippen LogP contribution in [0.2, 0.25) is 0 Å². The number of benzene rings is 1. The molecule has 3 amide bonds. The summed E-state index contributed by atoms with van der Waals surface area (Å²) in [6, 6.07) is 4.47. The second-order valence-corrected chi connectivity index (χ2v) is 8.04. The van der Waals surface area contributed by atoms with Crippen LogP contribution in [0.3, 0.4) is 0 Å². The number of nitrogens with one attached hydrogen (secondary N) is 2. The molecular formula is C21H28F3N3O2. The van der Waals surface area contributed by atoms with Crippen molar-refractivity contribution in [3.8, 4) is 0 Å². The van der Waals surface area contributed by atoms with Crippen LogP contribution in [0.1, 0.15) is 62.6 Å². The molecule has 0 bridgehead atoms. The lowest BCUT2D eigenvalue weighted by Crippen LogP contribution is -2.49. The van der Waals surface area contributed by atoms with Crippen LogP contribution >= 0.6 is 0 Å². The summed E-state index contributed by atoms with van der Waals surface area (Å²) in [7, 11) is 0. The second-order valence-electron chi connectivity index (χ2n) is 8.04. The molecular weight excluding hydrogens is 383 g/mol. The van der Waals surface area contributed by atoms with E-state index >= 15 is 0 Å². The van der Waals surface area contributed by atoms with E-state index in [1.54, 1.807) is 4.90 Å². The number of rotatable bonds is 4. The van der Waals surface area contributed by atoms with Gasteiger partial charge >= 0.3 is 12.2 Å². The average molecular weight is 411 g/mol. The Labute approximate surface area is 169 Å². The van der Waals surface area contributed by atoms with Crippen molar-refractivity contribution in [3.05, 3.63) is 35.4 Å². The van der Waals surface area contributed by atoms with Gasteiger partial charge < -0.3 is 15.5 Å². The fraction of sp³-hybridized carbons (Fsp3) is 0.619. The predicted octanol–water partition coefficient (Wildman–Crippen LogP) is 4.25. The van der Waals surface area contributed by atoms with Gasteiger partial charge in [0.1, 0.15) is 0 Å². The molecule has 1 atom stereocenters. The number of carbonyl (C=O) groups is 2. The first-order valence-electron chi connectivity index (χ1n) is 10.2. The Morgan fingerprint density at radius 1 is 1.03 bits per heavy atom. The van der Waals surface area contributed by atoms with Crippen LogP contribution in [0.4, 0.5) is 18.0 Å². The van der Waals surface area contributed by atoms with Gasteiger partial charge in [0.15, 0.2) is 0 Å². The molecule has 1 saturated heterocycles. The molecule has 0 spiro atoms. The summed E-state index contributed by atoms with van der Waals surface area (Å²) in [6.45, 7) is 2.77. The fourth-order valence-corrected chi connectivity index (χ4v) is 4.35. The Morgan fingerprint density at radius 2 is 1.62 bits per heavy atom. The average Bonchev–Trinajstić information content (AvgIpc) is 3.20. The maximum atomic E-state index is 12.9. The quantitative estimate of drug-likeness (QED) is 0.778. The van der Waals surface area contributed by atoms with Crippen LogP contribution in [0.15, 0.2) is 24.3 Å². The Bertz CT molecular complexity index is 707. The van der Waals surface area contributed by atoms with E-state index in [2.05, 4.69) is 10.6 Å². The summed E-state index contributed by atoms with van der Waals surface area (Å²) in [5.41, 5.74) is 0.0135. The van der Waals surface area contributed by atoms with E-state index in [0.29, 0.717) is 31.5 Å². The smallest absolute Gasteiger partial charge is 0.343 e. The third-order valence-electron chi connectivity index (χ3n) is 6.03. The van der Waals surface area contributed by atoms with Crippen molar-refractivity contribution in [3.63, 3.8) is 0 Å². The van der Waals surface area contributed by atoms with E-state index < -0.39 is 11.7 Å². The van der Waals surface area contributed by atoms with E-state index in [1.165, 1.54) is 19.1 Å². The summed E-state index contributed by atoms with van der Waals surface area (Å²) in [5, 5.41) is 5.97. The molecule has 1 unspecified atom stereocenters. The minimum Gasteiger partial charge on any atom is -0.343 e. The van der Waals surface area contributed by atoms with Crippen molar-refractivity contribution in [1.29, 1.82) is 0 Å². The fourth-order valence-electron chi connectivity index (χ4n) is 4.35. The number of likely N-dealkylation sites (tertiary alicyclic amines) is 1. The summed E-state index contributed by atoms with van der Waals surface area (Å²) < 4.78 is 38.6. The van der Waals surface area contributed by atoms with Gasteiger partial charge in [0.25, 0.3) is 0 Å². The lowest BCUT2D eigenvalue weighted by atomic mass is 9.91. The maximum Gasteiger partial charge on any atom is 0.416 e. The number of hydrogen-bond acceptors (Lipinski definition) is 2. The van der Waals surface area contributed by atoms with E-state index in [9.17, 15) is 22.8 Å². The maximum absolute atomic E-state index is 12.9. The zero-order valence-electron chi connectivity index (χ0n) is 16.6. The van der Waals surface area contributed by atoms with Gasteiger partial charge in [0, 0.05) is 26.1 Å². The second kappa shape index (κ2) is 9.05. The van der Waals surface area contributed by atoms with Gasteiger partial charge in [-0.25, -0.2) is 4.79 Å². The molecule has 0 aromatic heterocycles. The molecule has 2 aliphatic rings. The van der Waals surface area contributed by atoms with Crippen LogP contribution in [0.5, 0.6) is 0 Å². The van der Waals surface area contributed by atoms with Gasteiger partial charge in [0.2, 0.25) is 5.91 Å². The zero-order valence-corrected chi connectivity index (χ0v) is 16.6. The first-order chi connectivity index (χ1) is 13.7. The summed E-state index contributed by atoms with van der Waals surface area (Å²) in [6.07, 6.45) is 1.04. The number of alkyl halides is 3. The van der Waals surface area contributed by atoms with Gasteiger partial charge in [0.05, 0.1) is 11.6 Å². The van der Waals surface area contributed by atoms with Gasteiger partial charge in [-0.1, -0.05) is 25.0 Å². The van der Waals surface area contributed by atoms with Gasteiger partial charge in [-0.05, 0) is 49.3 Å². The van der Waals surface area contributed by atoms with Gasteiger partial charge in [-0.3, -0.25) is 4.79 Å². The highest BCUT2D eigenvalue weighted by atomic mass is 19.4. The van der Waals surface area contributed by atoms with Crippen LogP contribution in [0, 0.1) is 5.92 Å². The highest BCUT2D eigenvalue weighted by Gasteiger charge is 2.32. The third kappa shape index (κ3) is 5.64. The van der Waals surface area contributed by atoms with E-state index in [0.717, 1.165) is 37.8 Å². The molecule has 1 saturated carbocycles. The summed E-state index contributed by atoms with van der Waals surface area (Å²) in [5.74, 6) is 0.258. The molecule has 1 aromatic rings. The number of urea groups is 1. The topological polar surface area (TPSA) is 61.4 Å². The zero-order chi connectivity index (χ0) is 21.0. The number of carbonyl (C=O) groups excluding carboxylic acids is 2. The van der Waals surface area contributed by atoms with Crippen LogP contribution in [-0.4, -0.2) is 36.0 Å². The first kappa shape index (κ1) is 21.5. The Morgan fingerprint density at radius 3 is 2.14 bits per heavy atom. The number of nitrogens with zero attached hydrogens (tertiary/aromatic N) is 1. The van der Waals surface area contributed by atoms with Crippen molar-refractivity contribution in [1.82, 2.24) is 15.5 Å². The van der Waals surface area contributed by atoms with E-state index in [4.69, 9.17) is 0 Å². The molecule has 29 heavy (non-hydrogen) atoms. The molecule has 2 N–H and O–H groups in total. The van der Waals surface area contributed by atoms with Crippen LogP contribution < -0.4 is 10.6 Å². The van der Waals surface area contributed by atoms with Gasteiger partial charge in [-0.2, -0.15) is 13.2 Å². The minimum atomic E-state index is -4.37. The largest absolute Gasteiger partial charge is 0.416 e. The third-order valence-corrected chi connectivity index (χ3v) is 6.03. The van der Waals surface area contributed by atoms with Crippen molar-refractivity contribution in [2.75, 3.05) is 13.1 Å². The van der Waals surface area contributed by atoms with Crippen molar-refractivity contribution < 1.29 is 22.8 Å². The number of hydrogen-bond donors (Lipinski definition) is 2. The molecule has 1 aromatic carbocycles. The van der Waals surface area contributed by atoms with Crippen LogP contribution in [0.25, 0.3) is 0 Å². The normalized spacial score (nSPS) is 19.8. The molecule has 1 aliphatic carbocycles. The molecule has 2 fully saturated rings. The highest BCUT2D eigenvalue weighted by molar-refractivity contribution is 5.75. The van der Waals surface area contributed by atoms with Crippen molar-refractivity contribution in [2.24, 2.45) is 5.92 Å². The Hall–Kier alpha value is -2.25. The van der Waals surface area contributed by atoms with Crippen molar-refractivity contribution in [2.45, 2.75) is 63.7 Å². The molecule has 0 radical (unpaired) electrons. The Balaban J connectivity index is 1.63. The molecule has 160 valence electrons. The monoisotopic (exact) mass is 411 g/mol. The lowest BCUT2D eigenvalue weighted by molar-refractivity contribution is -0.137. The lowest BCUT2D eigenvalue weighted by Gasteiger charge is -2.32. The highest BCUT2D eigenvalue weighted by Crippen LogP contribution is 2.37. The molecule has 3 rings (SSSR count). The number of piperidine rings is 1. The molecule has 5 nitrogen and oxygen atoms in total. The van der Waals surface area contributed by atoms with E-state index in [1.807, 2.05) is 0 Å².